The van der Waals surface area contributed by atoms with Gasteiger partial charge in [-0.25, -0.2) is 22.2 Å². The van der Waals surface area contributed by atoms with E-state index in [9.17, 15) is 13.2 Å². The van der Waals surface area contributed by atoms with Crippen LogP contribution in [0.1, 0.15) is 33.3 Å². The molecule has 1 atom stereocenters. The van der Waals surface area contributed by atoms with Crippen LogP contribution < -0.4 is 5.32 Å². The smallest absolute Gasteiger partial charge is 0.410 e. The molecule has 178 valence electrons. The van der Waals surface area contributed by atoms with Gasteiger partial charge in [0.15, 0.2) is 5.82 Å². The fourth-order valence-electron chi connectivity index (χ4n) is 4.08. The molecule has 1 unspecified atom stereocenters. The quantitative estimate of drug-likeness (QED) is 0.643. The molecular formula is C22H28BrN5O4S. The molecule has 33 heavy (non-hydrogen) atoms. The number of aromatic nitrogens is 1. The Labute approximate surface area is 202 Å². The van der Waals surface area contributed by atoms with Crippen molar-refractivity contribution in [2.45, 2.75) is 43.9 Å². The summed E-state index contributed by atoms with van der Waals surface area (Å²) in [6.45, 7) is 9.72. The van der Waals surface area contributed by atoms with Crippen molar-refractivity contribution in [1.82, 2.24) is 19.1 Å². The first-order chi connectivity index (χ1) is 15.4. The van der Waals surface area contributed by atoms with E-state index in [0.29, 0.717) is 36.6 Å². The molecule has 4 rings (SSSR count). The van der Waals surface area contributed by atoms with Gasteiger partial charge in [-0.3, -0.25) is 4.90 Å². The molecule has 0 spiro atoms. The van der Waals surface area contributed by atoms with E-state index in [2.05, 4.69) is 31.1 Å². The number of hydrogen-bond acceptors (Lipinski definition) is 7. The number of benzene rings is 1. The fraction of sp³-hybridized carbons (Fsp3) is 0.455. The van der Waals surface area contributed by atoms with Crippen molar-refractivity contribution in [3.8, 4) is 0 Å². The Morgan fingerprint density at radius 3 is 2.39 bits per heavy atom. The van der Waals surface area contributed by atoms with Gasteiger partial charge in [0.2, 0.25) is 0 Å². The number of rotatable bonds is 3. The normalized spacial score (nSPS) is 21.4. The summed E-state index contributed by atoms with van der Waals surface area (Å²) in [6, 6.07) is 10.1. The van der Waals surface area contributed by atoms with Crippen molar-refractivity contribution in [1.29, 1.82) is 0 Å². The van der Waals surface area contributed by atoms with Crippen molar-refractivity contribution in [2.75, 3.05) is 26.2 Å². The van der Waals surface area contributed by atoms with E-state index in [-0.39, 0.29) is 11.0 Å². The summed E-state index contributed by atoms with van der Waals surface area (Å²) in [5.41, 5.74) is -0.505. The van der Waals surface area contributed by atoms with Crippen molar-refractivity contribution in [3.05, 3.63) is 46.6 Å². The van der Waals surface area contributed by atoms with Gasteiger partial charge in [-0.1, -0.05) is 18.2 Å². The molecule has 0 radical (unpaired) electrons. The summed E-state index contributed by atoms with van der Waals surface area (Å²) in [5, 5.41) is 3.31. The second-order valence-electron chi connectivity index (χ2n) is 9.22. The van der Waals surface area contributed by atoms with E-state index in [4.69, 9.17) is 4.74 Å². The van der Waals surface area contributed by atoms with E-state index >= 15 is 0 Å². The van der Waals surface area contributed by atoms with Gasteiger partial charge < -0.3 is 15.0 Å². The standard InChI is InChI=1S/C22H28BrN5O4S/c1-21(2,3)32-20(29)26-10-12-27(13-11-26)22(4)17-14-18(23)28(19(17)24-15-25-22)33(30,31)16-8-6-5-7-9-16/h5-9,14-15H,10-13H2,1-4H3,(H,24,25). The molecule has 2 aromatic rings. The number of amides is 1. The Hall–Kier alpha value is -2.37. The molecule has 3 heterocycles. The monoisotopic (exact) mass is 537 g/mol. The first-order valence-electron chi connectivity index (χ1n) is 10.7. The highest BCUT2D eigenvalue weighted by Gasteiger charge is 2.42. The van der Waals surface area contributed by atoms with Gasteiger partial charge in [-0.15, -0.1) is 0 Å². The van der Waals surface area contributed by atoms with Crippen LogP contribution in [0.3, 0.4) is 0 Å². The molecule has 1 aromatic heterocycles. The average molecular weight is 538 g/mol. The van der Waals surface area contributed by atoms with Crippen LogP contribution in [0.15, 0.2) is 50.9 Å². The Morgan fingerprint density at radius 2 is 1.79 bits per heavy atom. The number of fused-ring (bicyclic) bond motifs is 1. The van der Waals surface area contributed by atoms with Crippen LogP contribution in [0.5, 0.6) is 0 Å². The fourth-order valence-corrected chi connectivity index (χ4v) is 6.42. The second-order valence-corrected chi connectivity index (χ2v) is 11.8. The van der Waals surface area contributed by atoms with E-state index < -0.39 is 21.3 Å². The van der Waals surface area contributed by atoms with Gasteiger partial charge in [0.25, 0.3) is 10.0 Å². The minimum atomic E-state index is -3.85. The van der Waals surface area contributed by atoms with Gasteiger partial charge in [0.05, 0.1) is 11.2 Å². The van der Waals surface area contributed by atoms with Crippen LogP contribution in [0, 0.1) is 0 Å². The van der Waals surface area contributed by atoms with Crippen molar-refractivity contribution in [3.63, 3.8) is 0 Å². The molecule has 2 aliphatic rings. The number of halogens is 1. The van der Waals surface area contributed by atoms with Crippen LogP contribution in [-0.4, -0.2) is 66.4 Å². The SMILES string of the molecule is CC(C)(C)OC(=O)N1CCN(C2(C)NC=Nc3c2cc(Br)n3S(=O)(=O)c2ccccc2)CC1. The lowest BCUT2D eigenvalue weighted by Crippen LogP contribution is -2.61. The third-order valence-corrected chi connectivity index (χ3v) is 8.33. The van der Waals surface area contributed by atoms with Gasteiger partial charge in [0.1, 0.15) is 15.9 Å². The van der Waals surface area contributed by atoms with E-state index in [1.165, 1.54) is 10.3 Å². The topological polar surface area (TPSA) is 96.2 Å². The maximum Gasteiger partial charge on any atom is 0.410 e. The molecule has 9 nitrogen and oxygen atoms in total. The van der Waals surface area contributed by atoms with Crippen LogP contribution in [-0.2, 0) is 20.4 Å². The van der Waals surface area contributed by atoms with E-state index in [1.807, 2.05) is 27.7 Å². The minimum Gasteiger partial charge on any atom is -0.444 e. The summed E-state index contributed by atoms with van der Waals surface area (Å²) in [5.74, 6) is 0.349. The summed E-state index contributed by atoms with van der Waals surface area (Å²) >= 11 is 3.44. The van der Waals surface area contributed by atoms with Crippen molar-refractivity contribution >= 4 is 44.2 Å². The number of carbonyl (C=O) groups is 1. The molecule has 1 N–H and O–H groups in total. The number of nitrogens with one attached hydrogen (secondary N) is 1. The first kappa shape index (κ1) is 23.8. The molecule has 0 bridgehead atoms. The molecule has 1 saturated heterocycles. The number of aliphatic imine (C=N–C) groups is 1. The minimum absolute atomic E-state index is 0.186. The summed E-state index contributed by atoms with van der Waals surface area (Å²) in [4.78, 5) is 20.9. The largest absolute Gasteiger partial charge is 0.444 e. The number of carbonyl (C=O) groups excluding carboxylic acids is 1. The third-order valence-electron chi connectivity index (χ3n) is 5.79. The summed E-state index contributed by atoms with van der Waals surface area (Å²) in [7, 11) is -3.85. The predicted octanol–water partition coefficient (Wildman–Crippen LogP) is 3.48. The number of nitrogens with zero attached hydrogens (tertiary/aromatic N) is 4. The Kier molecular flexibility index (Phi) is 6.08. The van der Waals surface area contributed by atoms with Gasteiger partial charge >= 0.3 is 6.09 Å². The molecule has 1 fully saturated rings. The summed E-state index contributed by atoms with van der Waals surface area (Å²) in [6.07, 6.45) is 1.21. The Bertz CT molecular complexity index is 1180. The van der Waals surface area contributed by atoms with Crippen LogP contribution in [0.4, 0.5) is 10.6 Å². The lowest BCUT2D eigenvalue weighted by Gasteiger charge is -2.46. The number of ether oxygens (including phenoxy) is 1. The molecule has 0 aliphatic carbocycles. The van der Waals surface area contributed by atoms with Gasteiger partial charge in [0, 0.05) is 31.7 Å². The summed E-state index contributed by atoms with van der Waals surface area (Å²) < 4.78 is 33.9. The second kappa shape index (κ2) is 8.44. The molecular weight excluding hydrogens is 510 g/mol. The van der Waals surface area contributed by atoms with Crippen LogP contribution in [0.2, 0.25) is 0 Å². The predicted molar refractivity (Wildman–Crippen MR) is 129 cm³/mol. The zero-order valence-electron chi connectivity index (χ0n) is 19.1. The zero-order chi connectivity index (χ0) is 24.0. The molecule has 11 heteroatoms. The van der Waals surface area contributed by atoms with Gasteiger partial charge in [-0.05, 0) is 61.8 Å². The number of piperazine rings is 1. The highest BCUT2D eigenvalue weighted by atomic mass is 79.9. The van der Waals surface area contributed by atoms with E-state index in [1.54, 1.807) is 41.3 Å². The third kappa shape index (κ3) is 4.41. The zero-order valence-corrected chi connectivity index (χ0v) is 21.5. The molecule has 2 aliphatic heterocycles. The van der Waals surface area contributed by atoms with Crippen LogP contribution >= 0.6 is 15.9 Å². The maximum atomic E-state index is 13.4. The lowest BCUT2D eigenvalue weighted by molar-refractivity contribution is -0.00480. The molecule has 1 amide bonds. The molecule has 1 aromatic carbocycles. The first-order valence-corrected chi connectivity index (χ1v) is 12.9. The van der Waals surface area contributed by atoms with Gasteiger partial charge in [-0.2, -0.15) is 0 Å². The van der Waals surface area contributed by atoms with Crippen LogP contribution in [0.25, 0.3) is 0 Å². The Morgan fingerprint density at radius 1 is 1.15 bits per heavy atom. The number of hydrogen-bond donors (Lipinski definition) is 1. The van der Waals surface area contributed by atoms with E-state index in [0.717, 1.165) is 5.56 Å². The van der Waals surface area contributed by atoms with Crippen molar-refractivity contribution < 1.29 is 17.9 Å². The average Bonchev–Trinajstić information content (AvgIpc) is 3.11. The Balaban J connectivity index is 1.61. The highest BCUT2D eigenvalue weighted by Crippen LogP contribution is 2.41. The maximum absolute atomic E-state index is 13.4. The highest BCUT2D eigenvalue weighted by molar-refractivity contribution is 9.10. The van der Waals surface area contributed by atoms with Crippen molar-refractivity contribution in [2.24, 2.45) is 4.99 Å². The molecule has 0 saturated carbocycles. The lowest BCUT2D eigenvalue weighted by atomic mass is 9.99.